The quantitative estimate of drug-likeness (QED) is 0.839. The van der Waals surface area contributed by atoms with Gasteiger partial charge in [0.05, 0.1) is 10.0 Å². The molecule has 0 radical (unpaired) electrons. The molecule has 9 heteroatoms. The Morgan fingerprint density at radius 3 is 2.16 bits per heavy atom. The topological polar surface area (TPSA) is 69.7 Å². The van der Waals surface area contributed by atoms with E-state index in [-0.39, 0.29) is 40.1 Å². The number of benzene rings is 1. The van der Waals surface area contributed by atoms with Crippen LogP contribution in [0.3, 0.4) is 0 Å². The zero-order valence-corrected chi connectivity index (χ0v) is 16.1. The van der Waals surface area contributed by atoms with Crippen LogP contribution in [0.5, 0.6) is 0 Å². The van der Waals surface area contributed by atoms with Gasteiger partial charge in [-0.25, -0.2) is 13.2 Å². The van der Waals surface area contributed by atoms with Gasteiger partial charge in [0.2, 0.25) is 10.0 Å². The number of rotatable bonds is 3. The van der Waals surface area contributed by atoms with Crippen LogP contribution in [0.4, 0.5) is 4.79 Å². The molecule has 0 bridgehead atoms. The summed E-state index contributed by atoms with van der Waals surface area (Å²) in [5.74, 6) is 0. The third-order valence-corrected chi connectivity index (χ3v) is 7.58. The van der Waals surface area contributed by atoms with Crippen molar-refractivity contribution in [3.63, 3.8) is 0 Å². The minimum atomic E-state index is -3.78. The highest BCUT2D eigenvalue weighted by atomic mass is 35.5. The van der Waals surface area contributed by atoms with E-state index in [9.17, 15) is 13.2 Å². The molecular weight excluding hydrogens is 385 g/mol. The van der Waals surface area contributed by atoms with Crippen LogP contribution < -0.4 is 5.32 Å². The summed E-state index contributed by atoms with van der Waals surface area (Å²) in [6.45, 7) is 1.14. The van der Waals surface area contributed by atoms with Gasteiger partial charge in [-0.2, -0.15) is 4.31 Å². The second-order valence-electron chi connectivity index (χ2n) is 6.37. The Bertz CT molecular complexity index is 723. The van der Waals surface area contributed by atoms with E-state index < -0.39 is 10.0 Å². The van der Waals surface area contributed by atoms with Crippen molar-refractivity contribution in [1.82, 2.24) is 14.5 Å². The zero-order chi connectivity index (χ0) is 18.0. The summed E-state index contributed by atoms with van der Waals surface area (Å²) in [4.78, 5) is 13.9. The molecule has 2 aliphatic rings. The van der Waals surface area contributed by atoms with Gasteiger partial charge in [0.1, 0.15) is 4.90 Å². The number of urea groups is 1. The number of piperazine rings is 1. The summed E-state index contributed by atoms with van der Waals surface area (Å²) in [6, 6.07) is 4.75. The third-order valence-electron chi connectivity index (χ3n) is 4.73. The van der Waals surface area contributed by atoms with Crippen LogP contribution in [0.1, 0.15) is 25.7 Å². The number of hydrogen-bond donors (Lipinski definition) is 1. The third kappa shape index (κ3) is 4.05. The van der Waals surface area contributed by atoms with Gasteiger partial charge in [0, 0.05) is 32.2 Å². The lowest BCUT2D eigenvalue weighted by Gasteiger charge is -2.34. The van der Waals surface area contributed by atoms with Crippen LogP contribution in [0, 0.1) is 0 Å². The smallest absolute Gasteiger partial charge is 0.317 e. The Morgan fingerprint density at radius 1 is 1.04 bits per heavy atom. The highest BCUT2D eigenvalue weighted by molar-refractivity contribution is 7.89. The first-order chi connectivity index (χ1) is 11.9. The maximum Gasteiger partial charge on any atom is 0.317 e. The van der Waals surface area contributed by atoms with Crippen molar-refractivity contribution < 1.29 is 13.2 Å². The van der Waals surface area contributed by atoms with E-state index in [0.717, 1.165) is 25.7 Å². The number of hydrogen-bond acceptors (Lipinski definition) is 3. The molecule has 0 atom stereocenters. The molecule has 1 aromatic carbocycles. The molecule has 1 aromatic rings. The number of nitrogens with one attached hydrogen (secondary N) is 1. The molecule has 138 valence electrons. The van der Waals surface area contributed by atoms with E-state index in [2.05, 4.69) is 5.32 Å². The normalized spacial score (nSPS) is 20.0. The molecule has 1 saturated carbocycles. The highest BCUT2D eigenvalue weighted by Gasteiger charge is 2.33. The second kappa shape index (κ2) is 7.70. The van der Waals surface area contributed by atoms with Crippen molar-refractivity contribution in [3.8, 4) is 0 Å². The van der Waals surface area contributed by atoms with E-state index in [1.807, 2.05) is 0 Å². The van der Waals surface area contributed by atoms with Gasteiger partial charge in [-0.05, 0) is 25.0 Å². The van der Waals surface area contributed by atoms with E-state index in [1.54, 1.807) is 11.0 Å². The minimum Gasteiger partial charge on any atom is -0.335 e. The number of amides is 2. The summed E-state index contributed by atoms with van der Waals surface area (Å²) in [7, 11) is -3.78. The fourth-order valence-electron chi connectivity index (χ4n) is 3.33. The monoisotopic (exact) mass is 405 g/mol. The molecule has 1 heterocycles. The van der Waals surface area contributed by atoms with Gasteiger partial charge in [-0.15, -0.1) is 0 Å². The van der Waals surface area contributed by atoms with Crippen molar-refractivity contribution in [1.29, 1.82) is 0 Å². The lowest BCUT2D eigenvalue weighted by atomic mass is 10.2. The first-order valence-electron chi connectivity index (χ1n) is 8.39. The average Bonchev–Trinajstić information content (AvgIpc) is 3.07. The van der Waals surface area contributed by atoms with Crippen molar-refractivity contribution in [2.75, 3.05) is 26.2 Å². The van der Waals surface area contributed by atoms with Gasteiger partial charge in [-0.3, -0.25) is 0 Å². The lowest BCUT2D eigenvalue weighted by Crippen LogP contribution is -2.54. The molecule has 1 saturated heterocycles. The summed E-state index contributed by atoms with van der Waals surface area (Å²) in [5.41, 5.74) is 0. The fraction of sp³-hybridized carbons (Fsp3) is 0.562. The van der Waals surface area contributed by atoms with E-state index in [1.165, 1.54) is 16.4 Å². The van der Waals surface area contributed by atoms with Gasteiger partial charge in [-0.1, -0.05) is 42.1 Å². The summed E-state index contributed by atoms with van der Waals surface area (Å²) in [6.07, 6.45) is 4.33. The van der Waals surface area contributed by atoms with Crippen LogP contribution in [0.15, 0.2) is 23.1 Å². The van der Waals surface area contributed by atoms with Crippen molar-refractivity contribution >= 4 is 39.3 Å². The Labute approximate surface area is 158 Å². The molecular formula is C16H21Cl2N3O3S. The summed E-state index contributed by atoms with van der Waals surface area (Å²) >= 11 is 12.1. The summed E-state index contributed by atoms with van der Waals surface area (Å²) < 4.78 is 27.0. The van der Waals surface area contributed by atoms with Crippen molar-refractivity contribution in [3.05, 3.63) is 28.2 Å². The maximum atomic E-state index is 12.8. The molecule has 6 nitrogen and oxygen atoms in total. The standard InChI is InChI=1S/C16H21Cl2N3O3S/c17-13-6-3-7-14(18)15(13)25(23,24)21-10-8-20(9-11-21)16(22)19-12-4-1-2-5-12/h3,6-7,12H,1-2,4-5,8-11H2,(H,19,22). The Balaban J connectivity index is 1.64. The Morgan fingerprint density at radius 2 is 1.60 bits per heavy atom. The average molecular weight is 406 g/mol. The predicted molar refractivity (Wildman–Crippen MR) is 97.6 cm³/mol. The summed E-state index contributed by atoms with van der Waals surface area (Å²) in [5, 5.41) is 3.24. The molecule has 0 unspecified atom stereocenters. The highest BCUT2D eigenvalue weighted by Crippen LogP contribution is 2.31. The molecule has 25 heavy (non-hydrogen) atoms. The van der Waals surface area contributed by atoms with E-state index in [0.29, 0.717) is 13.1 Å². The second-order valence-corrected chi connectivity index (χ2v) is 9.06. The van der Waals surface area contributed by atoms with Crippen molar-refractivity contribution in [2.45, 2.75) is 36.6 Å². The van der Waals surface area contributed by atoms with E-state index in [4.69, 9.17) is 23.2 Å². The van der Waals surface area contributed by atoms with Gasteiger partial charge in [0.25, 0.3) is 0 Å². The molecule has 1 aliphatic carbocycles. The first kappa shape index (κ1) is 18.8. The number of halogens is 2. The molecule has 2 amide bonds. The van der Waals surface area contributed by atoms with Crippen LogP contribution in [0.2, 0.25) is 10.0 Å². The molecule has 1 aliphatic heterocycles. The Hall–Kier alpha value is -1.02. The van der Waals surface area contributed by atoms with Crippen LogP contribution >= 0.6 is 23.2 Å². The lowest BCUT2D eigenvalue weighted by molar-refractivity contribution is 0.169. The molecule has 2 fully saturated rings. The van der Waals surface area contributed by atoms with Gasteiger partial charge in [0.15, 0.2) is 0 Å². The number of nitrogens with zero attached hydrogens (tertiary/aromatic N) is 2. The molecule has 3 rings (SSSR count). The fourth-order valence-corrected chi connectivity index (χ4v) is 5.84. The largest absolute Gasteiger partial charge is 0.335 e. The van der Waals surface area contributed by atoms with Gasteiger partial charge < -0.3 is 10.2 Å². The maximum absolute atomic E-state index is 12.8. The van der Waals surface area contributed by atoms with Crippen LogP contribution in [-0.2, 0) is 10.0 Å². The Kier molecular flexibility index (Phi) is 5.78. The molecule has 0 spiro atoms. The van der Waals surface area contributed by atoms with Gasteiger partial charge >= 0.3 is 6.03 Å². The van der Waals surface area contributed by atoms with Crippen LogP contribution in [-0.4, -0.2) is 55.9 Å². The number of carbonyl (C=O) groups is 1. The number of sulfonamides is 1. The SMILES string of the molecule is O=C(NC1CCCC1)N1CCN(S(=O)(=O)c2c(Cl)cccc2Cl)CC1. The first-order valence-corrected chi connectivity index (χ1v) is 10.6. The van der Waals surface area contributed by atoms with E-state index >= 15 is 0 Å². The zero-order valence-electron chi connectivity index (χ0n) is 13.7. The minimum absolute atomic E-state index is 0.0674. The molecule has 1 N–H and O–H groups in total. The van der Waals surface area contributed by atoms with Crippen molar-refractivity contribution in [2.24, 2.45) is 0 Å². The van der Waals surface area contributed by atoms with Crippen LogP contribution in [0.25, 0.3) is 0 Å². The molecule has 0 aromatic heterocycles. The predicted octanol–water partition coefficient (Wildman–Crippen LogP) is 2.95. The number of carbonyl (C=O) groups excluding carboxylic acids is 1.